The molecule has 0 amide bonds. The Labute approximate surface area is 165 Å². The summed E-state index contributed by atoms with van der Waals surface area (Å²) in [5.74, 6) is 0. The van der Waals surface area contributed by atoms with Crippen LogP contribution >= 0.6 is 0 Å². The van der Waals surface area contributed by atoms with Crippen LogP contribution in [0.5, 0.6) is 0 Å². The molecule has 0 aliphatic heterocycles. The van der Waals surface area contributed by atoms with Gasteiger partial charge in [-0.2, -0.15) is 0 Å². The molecular weight excluding hydrogens is 344 g/mol. The lowest BCUT2D eigenvalue weighted by Gasteiger charge is -2.38. The Morgan fingerprint density at radius 2 is 1.44 bits per heavy atom. The second kappa shape index (κ2) is 7.61. The molecule has 2 heteroatoms. The maximum Gasteiger partial charge on any atom is 0.192 e. The molecule has 0 aliphatic rings. The third-order valence-corrected chi connectivity index (χ3v) is 10.4. The molecule has 0 saturated heterocycles. The fourth-order valence-electron chi connectivity index (χ4n) is 3.29. The Bertz CT molecular complexity index is 907. The van der Waals surface area contributed by atoms with E-state index in [1.807, 2.05) is 0 Å². The van der Waals surface area contributed by atoms with Gasteiger partial charge in [0.25, 0.3) is 0 Å². The van der Waals surface area contributed by atoms with Crippen LogP contribution in [0.15, 0.2) is 66.7 Å². The van der Waals surface area contributed by atoms with Gasteiger partial charge in [-0.05, 0) is 65.0 Å². The molecule has 0 aromatic heterocycles. The first-order valence-electron chi connectivity index (χ1n) is 9.92. The van der Waals surface area contributed by atoms with Gasteiger partial charge in [-0.1, -0.05) is 81.4 Å². The van der Waals surface area contributed by atoms with Crippen LogP contribution < -0.4 is 0 Å². The van der Waals surface area contributed by atoms with Crippen molar-refractivity contribution in [1.82, 2.24) is 0 Å². The lowest BCUT2D eigenvalue weighted by molar-refractivity contribution is 0.199. The molecule has 0 heterocycles. The fraction of sp³-hybridized carbons (Fsp3) is 0.360. The molecule has 142 valence electrons. The van der Waals surface area contributed by atoms with Crippen molar-refractivity contribution in [3.63, 3.8) is 0 Å². The number of rotatable bonds is 5. The molecule has 0 radical (unpaired) electrons. The van der Waals surface area contributed by atoms with E-state index >= 15 is 0 Å². The number of hydrogen-bond donors (Lipinski definition) is 0. The van der Waals surface area contributed by atoms with Crippen molar-refractivity contribution in [3.8, 4) is 11.1 Å². The van der Waals surface area contributed by atoms with Crippen molar-refractivity contribution < 1.29 is 4.43 Å². The van der Waals surface area contributed by atoms with Gasteiger partial charge in [-0.15, -0.1) is 0 Å². The van der Waals surface area contributed by atoms with E-state index in [0.717, 1.165) is 6.42 Å². The Morgan fingerprint density at radius 3 is 2.11 bits per heavy atom. The second-order valence-electron chi connectivity index (χ2n) is 9.16. The van der Waals surface area contributed by atoms with Gasteiger partial charge in [0, 0.05) is 6.10 Å². The second-order valence-corrected chi connectivity index (χ2v) is 13.9. The third-order valence-electron chi connectivity index (χ3n) is 5.84. The van der Waals surface area contributed by atoms with E-state index in [4.69, 9.17) is 4.43 Å². The van der Waals surface area contributed by atoms with Gasteiger partial charge in [0.15, 0.2) is 8.32 Å². The maximum atomic E-state index is 6.53. The summed E-state index contributed by atoms with van der Waals surface area (Å²) in [6.45, 7) is 13.8. The standard InChI is InChI=1S/C25H32OSi/c1-19(26-27(5,6)25(2,3)4)16-20-12-13-24-18-23(15-14-22(24)17-20)21-10-8-7-9-11-21/h7-15,17-19H,16H2,1-6H3. The molecule has 0 aliphatic carbocycles. The lowest BCUT2D eigenvalue weighted by Crippen LogP contribution is -2.43. The molecule has 0 N–H and O–H groups in total. The van der Waals surface area contributed by atoms with Gasteiger partial charge in [0.1, 0.15) is 0 Å². The summed E-state index contributed by atoms with van der Waals surface area (Å²) < 4.78 is 6.53. The van der Waals surface area contributed by atoms with Crippen LogP contribution in [0.4, 0.5) is 0 Å². The fourth-order valence-corrected chi connectivity index (χ4v) is 4.73. The summed E-state index contributed by atoms with van der Waals surface area (Å²) in [7, 11) is -1.72. The van der Waals surface area contributed by atoms with Crippen LogP contribution in [0.3, 0.4) is 0 Å². The Balaban J connectivity index is 1.77. The Kier molecular flexibility index (Phi) is 5.59. The van der Waals surface area contributed by atoms with Crippen molar-refractivity contribution >= 4 is 19.1 Å². The van der Waals surface area contributed by atoms with Crippen LogP contribution in [-0.4, -0.2) is 14.4 Å². The highest BCUT2D eigenvalue weighted by Crippen LogP contribution is 2.37. The zero-order valence-corrected chi connectivity index (χ0v) is 18.5. The first-order chi connectivity index (χ1) is 12.7. The van der Waals surface area contributed by atoms with Gasteiger partial charge in [0.2, 0.25) is 0 Å². The van der Waals surface area contributed by atoms with E-state index in [1.54, 1.807) is 0 Å². The topological polar surface area (TPSA) is 9.23 Å². The van der Waals surface area contributed by atoms with Gasteiger partial charge < -0.3 is 4.43 Å². The molecule has 3 rings (SSSR count). The first-order valence-corrected chi connectivity index (χ1v) is 12.8. The van der Waals surface area contributed by atoms with Crippen LogP contribution in [0.1, 0.15) is 33.3 Å². The third kappa shape index (κ3) is 4.69. The quantitative estimate of drug-likeness (QED) is 0.420. The smallest absolute Gasteiger partial charge is 0.192 e. The predicted molar refractivity (Wildman–Crippen MR) is 121 cm³/mol. The molecule has 0 spiro atoms. The number of fused-ring (bicyclic) bond motifs is 1. The predicted octanol–water partition coefficient (Wildman–Crippen LogP) is 7.46. The molecule has 1 nitrogen and oxygen atoms in total. The van der Waals surface area contributed by atoms with Crippen molar-refractivity contribution in [2.24, 2.45) is 0 Å². The van der Waals surface area contributed by atoms with Gasteiger partial charge >= 0.3 is 0 Å². The average Bonchev–Trinajstić information content (AvgIpc) is 2.60. The van der Waals surface area contributed by atoms with Crippen molar-refractivity contribution in [3.05, 3.63) is 72.3 Å². The summed E-state index contributed by atoms with van der Waals surface area (Å²) in [4.78, 5) is 0. The first kappa shape index (κ1) is 19.8. The van der Waals surface area contributed by atoms with Crippen LogP contribution in [0, 0.1) is 0 Å². The molecule has 3 aromatic carbocycles. The SMILES string of the molecule is CC(Cc1ccc2cc(-c3ccccc3)ccc2c1)O[Si](C)(C)C(C)(C)C. The monoisotopic (exact) mass is 376 g/mol. The van der Waals surface area contributed by atoms with Crippen LogP contribution in [0.2, 0.25) is 18.1 Å². The largest absolute Gasteiger partial charge is 0.414 e. The molecule has 0 bridgehead atoms. The van der Waals surface area contributed by atoms with Gasteiger partial charge in [-0.3, -0.25) is 0 Å². The number of benzene rings is 3. The minimum atomic E-state index is -1.72. The highest BCUT2D eigenvalue weighted by Gasteiger charge is 2.38. The molecule has 1 atom stereocenters. The van der Waals surface area contributed by atoms with E-state index in [2.05, 4.69) is 108 Å². The zero-order chi connectivity index (χ0) is 19.7. The number of hydrogen-bond acceptors (Lipinski definition) is 1. The lowest BCUT2D eigenvalue weighted by atomic mass is 9.99. The molecule has 0 fully saturated rings. The maximum absolute atomic E-state index is 6.53. The van der Waals surface area contributed by atoms with E-state index in [1.165, 1.54) is 27.5 Å². The van der Waals surface area contributed by atoms with Gasteiger partial charge in [-0.25, -0.2) is 0 Å². The van der Waals surface area contributed by atoms with E-state index in [-0.39, 0.29) is 11.1 Å². The highest BCUT2D eigenvalue weighted by atomic mass is 28.4. The Morgan fingerprint density at radius 1 is 0.815 bits per heavy atom. The highest BCUT2D eigenvalue weighted by molar-refractivity contribution is 6.74. The molecule has 0 saturated carbocycles. The van der Waals surface area contributed by atoms with E-state index < -0.39 is 8.32 Å². The van der Waals surface area contributed by atoms with Crippen molar-refractivity contribution in [1.29, 1.82) is 0 Å². The zero-order valence-electron chi connectivity index (χ0n) is 17.5. The summed E-state index contributed by atoms with van der Waals surface area (Å²) in [5, 5.41) is 2.84. The average molecular weight is 377 g/mol. The summed E-state index contributed by atoms with van der Waals surface area (Å²) in [6.07, 6.45) is 1.20. The molecular formula is C25H32OSi. The van der Waals surface area contributed by atoms with E-state index in [0.29, 0.717) is 0 Å². The normalized spacial score (nSPS) is 13.7. The molecule has 3 aromatic rings. The molecule has 1 unspecified atom stereocenters. The van der Waals surface area contributed by atoms with E-state index in [9.17, 15) is 0 Å². The van der Waals surface area contributed by atoms with Crippen LogP contribution in [-0.2, 0) is 10.8 Å². The van der Waals surface area contributed by atoms with Gasteiger partial charge in [0.05, 0.1) is 0 Å². The summed E-state index contributed by atoms with van der Waals surface area (Å²) in [5.41, 5.74) is 3.88. The minimum absolute atomic E-state index is 0.243. The van der Waals surface area contributed by atoms with Crippen molar-refractivity contribution in [2.75, 3.05) is 0 Å². The molecule has 27 heavy (non-hydrogen) atoms. The summed E-state index contributed by atoms with van der Waals surface area (Å²) >= 11 is 0. The van der Waals surface area contributed by atoms with Crippen molar-refractivity contribution in [2.45, 2.75) is 58.4 Å². The summed E-state index contributed by atoms with van der Waals surface area (Å²) in [6, 6.07) is 24.1. The van der Waals surface area contributed by atoms with Crippen LogP contribution in [0.25, 0.3) is 21.9 Å². The Hall–Kier alpha value is -1.90. The minimum Gasteiger partial charge on any atom is -0.414 e.